The Hall–Kier alpha value is -1.05. The summed E-state index contributed by atoms with van der Waals surface area (Å²) in [6.07, 6.45) is 10.4. The molecule has 1 heterocycles. The molecule has 1 rings (SSSR count). The van der Waals surface area contributed by atoms with E-state index in [1.165, 1.54) is 37.7 Å². The summed E-state index contributed by atoms with van der Waals surface area (Å²) in [7, 11) is 0. The molecule has 1 aromatic heterocycles. The van der Waals surface area contributed by atoms with Gasteiger partial charge in [0, 0.05) is 18.4 Å². The molecule has 0 amide bonds. The molecule has 0 bridgehead atoms. The van der Waals surface area contributed by atoms with Crippen LogP contribution in [0.5, 0.6) is 0 Å². The number of aryl methyl sites for hydroxylation is 1. The van der Waals surface area contributed by atoms with Crippen molar-refractivity contribution in [1.82, 2.24) is 4.98 Å². The van der Waals surface area contributed by atoms with Crippen LogP contribution in [0.25, 0.3) is 0 Å². The number of hydrogen-bond donors (Lipinski definition) is 1. The Morgan fingerprint density at radius 1 is 1.25 bits per heavy atom. The Kier molecular flexibility index (Phi) is 5.91. The van der Waals surface area contributed by atoms with Gasteiger partial charge in [-0.2, -0.15) is 0 Å². The van der Waals surface area contributed by atoms with Crippen LogP contribution >= 0.6 is 0 Å². The molecule has 0 aliphatic heterocycles. The summed E-state index contributed by atoms with van der Waals surface area (Å²) >= 11 is 0. The zero-order valence-corrected chi connectivity index (χ0v) is 10.8. The Balaban J connectivity index is 2.25. The van der Waals surface area contributed by atoms with E-state index in [0.717, 1.165) is 5.69 Å². The maximum absolute atomic E-state index is 4.18. The highest BCUT2D eigenvalue weighted by Crippen LogP contribution is 2.12. The van der Waals surface area contributed by atoms with E-state index in [1.54, 1.807) is 0 Å². The molecular formula is C14H24N2. The molecule has 2 heteroatoms. The van der Waals surface area contributed by atoms with Crippen LogP contribution in [0, 0.1) is 6.92 Å². The smallest absolute Gasteiger partial charge is 0.0531 e. The Morgan fingerprint density at radius 2 is 2.06 bits per heavy atom. The topological polar surface area (TPSA) is 24.9 Å². The quantitative estimate of drug-likeness (QED) is 0.698. The van der Waals surface area contributed by atoms with E-state index in [9.17, 15) is 0 Å². The van der Waals surface area contributed by atoms with Gasteiger partial charge in [-0.05, 0) is 31.9 Å². The highest BCUT2D eigenvalue weighted by Gasteiger charge is 2.01. The first-order valence-electron chi connectivity index (χ1n) is 6.40. The highest BCUT2D eigenvalue weighted by molar-refractivity contribution is 5.43. The largest absolute Gasteiger partial charge is 0.381 e. The molecule has 90 valence electrons. The van der Waals surface area contributed by atoms with Crippen molar-refractivity contribution in [3.63, 3.8) is 0 Å². The molecule has 0 saturated carbocycles. The first-order valence-corrected chi connectivity index (χ1v) is 6.40. The number of nitrogens with zero attached hydrogens (tertiary/aromatic N) is 1. The summed E-state index contributed by atoms with van der Waals surface area (Å²) in [5.41, 5.74) is 2.35. The molecular weight excluding hydrogens is 196 g/mol. The number of unbranched alkanes of at least 4 members (excludes halogenated alkanes) is 3. The van der Waals surface area contributed by atoms with Crippen molar-refractivity contribution in [3.8, 4) is 0 Å². The van der Waals surface area contributed by atoms with Crippen molar-refractivity contribution in [2.75, 3.05) is 5.32 Å². The second-order valence-corrected chi connectivity index (χ2v) is 4.65. The maximum atomic E-state index is 4.18. The normalized spacial score (nSPS) is 12.4. The van der Waals surface area contributed by atoms with E-state index in [-0.39, 0.29) is 0 Å². The molecule has 1 aromatic rings. The lowest BCUT2D eigenvalue weighted by Gasteiger charge is -2.15. The Labute approximate surface area is 99.5 Å². The van der Waals surface area contributed by atoms with Crippen LogP contribution in [-0.2, 0) is 0 Å². The van der Waals surface area contributed by atoms with Crippen LogP contribution in [0.3, 0.4) is 0 Å². The van der Waals surface area contributed by atoms with E-state index < -0.39 is 0 Å². The molecule has 0 radical (unpaired) electrons. The van der Waals surface area contributed by atoms with Gasteiger partial charge < -0.3 is 5.32 Å². The predicted molar refractivity (Wildman–Crippen MR) is 70.8 cm³/mol. The average molecular weight is 220 g/mol. The van der Waals surface area contributed by atoms with Gasteiger partial charge >= 0.3 is 0 Å². The number of hydrogen-bond acceptors (Lipinski definition) is 2. The standard InChI is InChI=1S/C14H24N2/c1-4-5-6-7-8-13(3)16-14-9-12(2)10-15-11-14/h9-11,13,16H,4-8H2,1-3H3. The van der Waals surface area contributed by atoms with Gasteiger partial charge in [-0.1, -0.05) is 32.6 Å². The summed E-state index contributed by atoms with van der Waals surface area (Å²) in [4.78, 5) is 4.18. The van der Waals surface area contributed by atoms with E-state index in [0.29, 0.717) is 6.04 Å². The molecule has 0 fully saturated rings. The number of nitrogens with one attached hydrogen (secondary N) is 1. The zero-order chi connectivity index (χ0) is 11.8. The molecule has 0 aromatic carbocycles. The Bertz CT molecular complexity index is 297. The van der Waals surface area contributed by atoms with E-state index in [1.807, 2.05) is 12.4 Å². The third-order valence-electron chi connectivity index (χ3n) is 2.78. The lowest BCUT2D eigenvalue weighted by atomic mass is 10.1. The lowest BCUT2D eigenvalue weighted by Crippen LogP contribution is -2.15. The zero-order valence-electron chi connectivity index (χ0n) is 10.8. The summed E-state index contributed by atoms with van der Waals surface area (Å²) in [5, 5.41) is 3.50. The van der Waals surface area contributed by atoms with Gasteiger partial charge in [-0.3, -0.25) is 4.98 Å². The van der Waals surface area contributed by atoms with Gasteiger partial charge in [0.1, 0.15) is 0 Å². The molecule has 0 aliphatic rings. The van der Waals surface area contributed by atoms with Crippen LogP contribution in [0.15, 0.2) is 18.5 Å². The summed E-state index contributed by atoms with van der Waals surface area (Å²) in [6, 6.07) is 2.69. The third kappa shape index (κ3) is 5.15. The fourth-order valence-corrected chi connectivity index (χ4v) is 1.87. The number of anilines is 1. The van der Waals surface area contributed by atoms with Crippen molar-refractivity contribution in [2.45, 2.75) is 58.9 Å². The van der Waals surface area contributed by atoms with Crippen LogP contribution in [0.4, 0.5) is 5.69 Å². The van der Waals surface area contributed by atoms with Crippen molar-refractivity contribution >= 4 is 5.69 Å². The van der Waals surface area contributed by atoms with Gasteiger partial charge in [0.2, 0.25) is 0 Å². The molecule has 2 nitrogen and oxygen atoms in total. The molecule has 0 saturated heterocycles. The van der Waals surface area contributed by atoms with Crippen LogP contribution in [0.2, 0.25) is 0 Å². The molecule has 1 unspecified atom stereocenters. The number of aromatic nitrogens is 1. The first kappa shape index (κ1) is 13.0. The fourth-order valence-electron chi connectivity index (χ4n) is 1.87. The summed E-state index contributed by atoms with van der Waals surface area (Å²) in [6.45, 7) is 6.57. The third-order valence-corrected chi connectivity index (χ3v) is 2.78. The molecule has 16 heavy (non-hydrogen) atoms. The van der Waals surface area contributed by atoms with Crippen molar-refractivity contribution < 1.29 is 0 Å². The van der Waals surface area contributed by atoms with Gasteiger partial charge in [0.25, 0.3) is 0 Å². The van der Waals surface area contributed by atoms with Crippen molar-refractivity contribution in [2.24, 2.45) is 0 Å². The van der Waals surface area contributed by atoms with Crippen LogP contribution in [-0.4, -0.2) is 11.0 Å². The number of rotatable bonds is 7. The minimum Gasteiger partial charge on any atom is -0.381 e. The van der Waals surface area contributed by atoms with Gasteiger partial charge in [-0.25, -0.2) is 0 Å². The Morgan fingerprint density at radius 3 is 2.75 bits per heavy atom. The van der Waals surface area contributed by atoms with E-state index in [4.69, 9.17) is 0 Å². The first-order chi connectivity index (χ1) is 7.72. The second kappa shape index (κ2) is 7.26. The summed E-state index contributed by atoms with van der Waals surface area (Å²) < 4.78 is 0. The average Bonchev–Trinajstić information content (AvgIpc) is 2.24. The maximum Gasteiger partial charge on any atom is 0.0531 e. The minimum absolute atomic E-state index is 0.542. The summed E-state index contributed by atoms with van der Waals surface area (Å²) in [5.74, 6) is 0. The highest BCUT2D eigenvalue weighted by atomic mass is 14.9. The molecule has 0 aliphatic carbocycles. The van der Waals surface area contributed by atoms with Gasteiger partial charge in [0.15, 0.2) is 0 Å². The van der Waals surface area contributed by atoms with Crippen molar-refractivity contribution in [1.29, 1.82) is 0 Å². The van der Waals surface area contributed by atoms with E-state index >= 15 is 0 Å². The monoisotopic (exact) mass is 220 g/mol. The predicted octanol–water partition coefficient (Wildman–Crippen LogP) is 4.16. The molecule has 1 N–H and O–H groups in total. The van der Waals surface area contributed by atoms with Crippen molar-refractivity contribution in [3.05, 3.63) is 24.0 Å². The molecule has 0 spiro atoms. The van der Waals surface area contributed by atoms with Crippen LogP contribution < -0.4 is 5.32 Å². The van der Waals surface area contributed by atoms with Gasteiger partial charge in [-0.15, -0.1) is 0 Å². The van der Waals surface area contributed by atoms with Crippen LogP contribution in [0.1, 0.15) is 51.5 Å². The van der Waals surface area contributed by atoms with E-state index in [2.05, 4.69) is 37.1 Å². The minimum atomic E-state index is 0.542. The second-order valence-electron chi connectivity index (χ2n) is 4.65. The lowest BCUT2D eigenvalue weighted by molar-refractivity contribution is 0.594. The SMILES string of the molecule is CCCCCCC(C)Nc1cncc(C)c1. The fraction of sp³-hybridized carbons (Fsp3) is 0.643. The number of pyridine rings is 1. The van der Waals surface area contributed by atoms with Gasteiger partial charge in [0.05, 0.1) is 5.69 Å². The molecule has 1 atom stereocenters.